The van der Waals surface area contributed by atoms with Gasteiger partial charge in [0.1, 0.15) is 11.4 Å². The second-order valence-electron chi connectivity index (χ2n) is 13.7. The van der Waals surface area contributed by atoms with Gasteiger partial charge in [-0.05, 0) is 68.7 Å². The van der Waals surface area contributed by atoms with E-state index >= 15 is 0 Å². The van der Waals surface area contributed by atoms with E-state index in [0.717, 1.165) is 24.2 Å². The van der Waals surface area contributed by atoms with Crippen LogP contribution in [0.5, 0.6) is 5.75 Å². The number of ether oxygens (including phenoxy) is 2. The molecule has 0 N–H and O–H groups in total. The Morgan fingerprint density at radius 3 is 2.11 bits per heavy atom. The van der Waals surface area contributed by atoms with Gasteiger partial charge in [-0.1, -0.05) is 71.9 Å². The first-order valence-electron chi connectivity index (χ1n) is 13.7. The molecule has 0 amide bonds. The summed E-state index contributed by atoms with van der Waals surface area (Å²) in [6.07, 6.45) is 1.20. The number of thiol groups is 1. The molecule has 0 fully saturated rings. The Morgan fingerprint density at radius 1 is 0.921 bits per heavy atom. The Balaban J connectivity index is 1.79. The SMILES string of the molecule is CCn1c(-c2ccccc2)cc2ccc(OC(C)(S)CC(C)(C)OC(=O)C(CC(C)(C)C)C(C)(C)C)cc21. The lowest BCUT2D eigenvalue weighted by Crippen LogP contribution is -2.42. The van der Waals surface area contributed by atoms with E-state index in [1.54, 1.807) is 0 Å². The van der Waals surface area contributed by atoms with E-state index in [0.29, 0.717) is 6.42 Å². The zero-order valence-corrected chi connectivity index (χ0v) is 25.9. The maximum atomic E-state index is 13.4. The first-order chi connectivity index (χ1) is 17.4. The first-order valence-corrected chi connectivity index (χ1v) is 14.2. The van der Waals surface area contributed by atoms with Gasteiger partial charge < -0.3 is 14.0 Å². The number of rotatable bonds is 9. The summed E-state index contributed by atoms with van der Waals surface area (Å²) in [5, 5.41) is 1.17. The van der Waals surface area contributed by atoms with Crippen LogP contribution in [0.25, 0.3) is 22.2 Å². The van der Waals surface area contributed by atoms with Gasteiger partial charge in [-0.3, -0.25) is 4.79 Å². The number of hydrogen-bond donors (Lipinski definition) is 1. The van der Waals surface area contributed by atoms with Crippen molar-refractivity contribution in [1.29, 1.82) is 0 Å². The predicted molar refractivity (Wildman–Crippen MR) is 163 cm³/mol. The van der Waals surface area contributed by atoms with Crippen molar-refractivity contribution in [2.24, 2.45) is 16.7 Å². The lowest BCUT2D eigenvalue weighted by atomic mass is 9.72. The highest BCUT2D eigenvalue weighted by Crippen LogP contribution is 2.39. The number of nitrogens with zero attached hydrogens (tertiary/aromatic N) is 1. The number of benzene rings is 2. The molecule has 1 heterocycles. The van der Waals surface area contributed by atoms with Gasteiger partial charge in [0.25, 0.3) is 0 Å². The molecule has 2 unspecified atom stereocenters. The molecule has 0 aliphatic rings. The number of aromatic nitrogens is 1. The molecule has 0 aliphatic carbocycles. The molecule has 0 spiro atoms. The van der Waals surface area contributed by atoms with E-state index in [2.05, 4.69) is 95.5 Å². The topological polar surface area (TPSA) is 40.5 Å². The molecule has 0 aliphatic heterocycles. The number of carbonyl (C=O) groups is 1. The second kappa shape index (κ2) is 11.0. The molecule has 4 nitrogen and oxygen atoms in total. The molecule has 1 aromatic heterocycles. The van der Waals surface area contributed by atoms with E-state index in [9.17, 15) is 4.79 Å². The maximum absolute atomic E-state index is 13.4. The van der Waals surface area contributed by atoms with Crippen molar-refractivity contribution in [1.82, 2.24) is 4.57 Å². The number of esters is 1. The average molecular weight is 538 g/mol. The van der Waals surface area contributed by atoms with Gasteiger partial charge >= 0.3 is 5.97 Å². The molecular weight excluding hydrogens is 490 g/mol. The summed E-state index contributed by atoms with van der Waals surface area (Å²) in [6.45, 7) is 21.6. The maximum Gasteiger partial charge on any atom is 0.310 e. The van der Waals surface area contributed by atoms with Crippen molar-refractivity contribution < 1.29 is 14.3 Å². The Morgan fingerprint density at radius 2 is 1.55 bits per heavy atom. The normalized spacial score (nSPS) is 15.2. The summed E-state index contributed by atoms with van der Waals surface area (Å²) in [4.78, 5) is 12.5. The van der Waals surface area contributed by atoms with Crippen LogP contribution in [0.4, 0.5) is 0 Å². The molecule has 3 rings (SSSR count). The van der Waals surface area contributed by atoms with Crippen molar-refractivity contribution in [3.63, 3.8) is 0 Å². The highest BCUT2D eigenvalue weighted by Gasteiger charge is 2.40. The first kappa shape index (κ1) is 30.1. The van der Waals surface area contributed by atoms with Crippen LogP contribution in [-0.2, 0) is 16.1 Å². The molecule has 38 heavy (non-hydrogen) atoms. The van der Waals surface area contributed by atoms with Crippen LogP contribution in [0.3, 0.4) is 0 Å². The van der Waals surface area contributed by atoms with Gasteiger partial charge in [0.2, 0.25) is 0 Å². The molecule has 2 atom stereocenters. The fourth-order valence-electron chi connectivity index (χ4n) is 5.30. The van der Waals surface area contributed by atoms with Crippen LogP contribution in [0.15, 0.2) is 54.6 Å². The summed E-state index contributed by atoms with van der Waals surface area (Å²) in [6, 6.07) is 18.8. The minimum absolute atomic E-state index is 0.0253. The van der Waals surface area contributed by atoms with Gasteiger partial charge in [0, 0.05) is 30.1 Å². The van der Waals surface area contributed by atoms with Crippen LogP contribution in [0, 0.1) is 16.7 Å². The minimum Gasteiger partial charge on any atom is -0.477 e. The molecule has 0 saturated carbocycles. The smallest absolute Gasteiger partial charge is 0.310 e. The molecule has 0 saturated heterocycles. The largest absolute Gasteiger partial charge is 0.477 e. The molecule has 0 radical (unpaired) electrons. The van der Waals surface area contributed by atoms with Crippen LogP contribution >= 0.6 is 12.6 Å². The standard InChI is InChI=1S/C33H47NO3S/c1-11-34-27(23-15-13-12-14-16-23)19-24-17-18-25(20-28(24)34)36-33(10,38)22-32(8,9)37-29(35)26(31(5,6)7)21-30(2,3)4/h12-20,26,38H,11,21-22H2,1-10H3. The summed E-state index contributed by atoms with van der Waals surface area (Å²) in [5.74, 6) is 0.388. The van der Waals surface area contributed by atoms with Crippen molar-refractivity contribution in [2.45, 2.75) is 99.2 Å². The lowest BCUT2D eigenvalue weighted by molar-refractivity contribution is -0.169. The Hall–Kier alpha value is -2.40. The summed E-state index contributed by atoms with van der Waals surface area (Å²) in [7, 11) is 0. The third-order valence-corrected chi connectivity index (χ3v) is 7.13. The molecule has 0 bridgehead atoms. The lowest BCUT2D eigenvalue weighted by Gasteiger charge is -2.38. The van der Waals surface area contributed by atoms with Crippen molar-refractivity contribution in [2.75, 3.05) is 0 Å². The fraction of sp³-hybridized carbons (Fsp3) is 0.545. The summed E-state index contributed by atoms with van der Waals surface area (Å²) < 4.78 is 14.8. The Labute approximate surface area is 235 Å². The number of aryl methyl sites for hydroxylation is 1. The zero-order valence-electron chi connectivity index (χ0n) is 25.0. The van der Waals surface area contributed by atoms with Gasteiger partial charge in [-0.15, -0.1) is 12.6 Å². The number of fused-ring (bicyclic) bond motifs is 1. The molecule has 208 valence electrons. The van der Waals surface area contributed by atoms with E-state index in [1.165, 1.54) is 16.6 Å². The average Bonchev–Trinajstić information content (AvgIpc) is 3.13. The second-order valence-corrected chi connectivity index (χ2v) is 14.6. The van der Waals surface area contributed by atoms with E-state index in [-0.39, 0.29) is 22.7 Å². The zero-order chi connectivity index (χ0) is 28.5. The molecule has 5 heteroatoms. The van der Waals surface area contributed by atoms with Crippen LogP contribution < -0.4 is 4.74 Å². The predicted octanol–water partition coefficient (Wildman–Crippen LogP) is 9.16. The van der Waals surface area contributed by atoms with Gasteiger partial charge in [0.05, 0.1) is 11.4 Å². The van der Waals surface area contributed by atoms with E-state index in [4.69, 9.17) is 22.1 Å². The number of carbonyl (C=O) groups excluding carboxylic acids is 1. The van der Waals surface area contributed by atoms with Crippen molar-refractivity contribution in [3.05, 3.63) is 54.6 Å². The quantitative estimate of drug-likeness (QED) is 0.168. The van der Waals surface area contributed by atoms with E-state index < -0.39 is 10.5 Å². The minimum atomic E-state index is -0.843. The highest BCUT2D eigenvalue weighted by molar-refractivity contribution is 7.81. The molecule has 2 aromatic carbocycles. The fourth-order valence-corrected chi connectivity index (χ4v) is 5.79. The molecular formula is C33H47NO3S. The Kier molecular flexibility index (Phi) is 8.72. The van der Waals surface area contributed by atoms with Crippen molar-refractivity contribution >= 4 is 29.5 Å². The Bertz CT molecular complexity index is 1240. The third-order valence-electron chi connectivity index (χ3n) is 6.88. The summed E-state index contributed by atoms with van der Waals surface area (Å²) >= 11 is 4.88. The van der Waals surface area contributed by atoms with Crippen molar-refractivity contribution in [3.8, 4) is 17.0 Å². The molecule has 3 aromatic rings. The van der Waals surface area contributed by atoms with Gasteiger partial charge in [-0.2, -0.15) is 0 Å². The highest BCUT2D eigenvalue weighted by atomic mass is 32.1. The van der Waals surface area contributed by atoms with Crippen LogP contribution in [-0.4, -0.2) is 21.1 Å². The van der Waals surface area contributed by atoms with Crippen LogP contribution in [0.2, 0.25) is 0 Å². The van der Waals surface area contributed by atoms with Gasteiger partial charge in [0.15, 0.2) is 4.93 Å². The summed E-state index contributed by atoms with van der Waals surface area (Å²) in [5.41, 5.74) is 2.58. The van der Waals surface area contributed by atoms with E-state index in [1.807, 2.05) is 32.9 Å². The van der Waals surface area contributed by atoms with Crippen LogP contribution in [0.1, 0.15) is 82.1 Å². The third kappa shape index (κ3) is 7.81. The monoisotopic (exact) mass is 537 g/mol. The number of hydrogen-bond acceptors (Lipinski definition) is 4. The van der Waals surface area contributed by atoms with Gasteiger partial charge in [-0.25, -0.2) is 0 Å².